The van der Waals surface area contributed by atoms with Crippen LogP contribution < -0.4 is 0 Å². The molecule has 5 rings (SSSR count). The summed E-state index contributed by atoms with van der Waals surface area (Å²) in [6, 6.07) is 26.3. The third-order valence-corrected chi connectivity index (χ3v) is 4.50. The zero-order valence-electron chi connectivity index (χ0n) is 11.5. The summed E-state index contributed by atoms with van der Waals surface area (Å²) in [5.74, 6) is 0. The molecule has 0 amide bonds. The van der Waals surface area contributed by atoms with Gasteiger partial charge in [-0.2, -0.15) is 0 Å². The second-order valence-corrected chi connectivity index (χ2v) is 5.64. The highest BCUT2D eigenvalue weighted by molar-refractivity contribution is 6.07. The maximum absolute atomic E-state index is 2.33. The van der Waals surface area contributed by atoms with Crippen molar-refractivity contribution in [2.24, 2.45) is 0 Å². The van der Waals surface area contributed by atoms with Gasteiger partial charge in [0.25, 0.3) is 0 Å². The SMILES string of the molecule is [CH]1c2ccc3ccccc3c2-c2ccc3ccccc3c21. The Kier molecular flexibility index (Phi) is 2.09. The van der Waals surface area contributed by atoms with Gasteiger partial charge >= 0.3 is 0 Å². The molecule has 1 radical (unpaired) electrons. The minimum Gasteiger partial charge on any atom is -0.0616 e. The van der Waals surface area contributed by atoms with Crippen LogP contribution in [0.5, 0.6) is 0 Å². The smallest absolute Gasteiger partial charge is 0.0218 e. The van der Waals surface area contributed by atoms with Crippen LogP contribution in [0.2, 0.25) is 0 Å². The van der Waals surface area contributed by atoms with Crippen molar-refractivity contribution in [1.82, 2.24) is 0 Å². The number of rotatable bonds is 0. The van der Waals surface area contributed by atoms with Gasteiger partial charge in [0.1, 0.15) is 0 Å². The third kappa shape index (κ3) is 1.45. The summed E-state index contributed by atoms with van der Waals surface area (Å²) in [7, 11) is 0. The van der Waals surface area contributed by atoms with Crippen LogP contribution in [0.15, 0.2) is 72.8 Å². The van der Waals surface area contributed by atoms with Gasteiger partial charge in [-0.05, 0) is 43.8 Å². The van der Waals surface area contributed by atoms with Crippen molar-refractivity contribution in [1.29, 1.82) is 0 Å². The van der Waals surface area contributed by atoms with Gasteiger partial charge in [0.2, 0.25) is 0 Å². The van der Waals surface area contributed by atoms with E-state index in [0.717, 1.165) is 0 Å². The van der Waals surface area contributed by atoms with Crippen molar-refractivity contribution >= 4 is 21.5 Å². The molecular weight excluding hydrogens is 252 g/mol. The van der Waals surface area contributed by atoms with Crippen LogP contribution in [-0.4, -0.2) is 0 Å². The Bertz CT molecular complexity index is 1010. The van der Waals surface area contributed by atoms with Crippen LogP contribution in [0, 0.1) is 6.42 Å². The average molecular weight is 265 g/mol. The minimum atomic E-state index is 1.31. The first-order chi connectivity index (χ1) is 10.4. The molecule has 0 N–H and O–H groups in total. The molecule has 4 aromatic carbocycles. The highest BCUT2D eigenvalue weighted by Crippen LogP contribution is 2.44. The van der Waals surface area contributed by atoms with E-state index in [9.17, 15) is 0 Å². The van der Waals surface area contributed by atoms with Crippen LogP contribution in [0.4, 0.5) is 0 Å². The third-order valence-electron chi connectivity index (χ3n) is 4.50. The predicted molar refractivity (Wildman–Crippen MR) is 89.4 cm³/mol. The fraction of sp³-hybridized carbons (Fsp3) is 0. The Morgan fingerprint density at radius 2 is 1.19 bits per heavy atom. The first-order valence-corrected chi connectivity index (χ1v) is 7.30. The molecule has 0 saturated carbocycles. The van der Waals surface area contributed by atoms with Crippen molar-refractivity contribution in [2.75, 3.05) is 0 Å². The standard InChI is InChI=1S/C21H13/c1-3-7-17-14(5-1)11-12-19-20(17)13-16-10-9-15-6-2-4-8-18(15)21(16)19/h1-13H. The van der Waals surface area contributed by atoms with Crippen molar-refractivity contribution in [3.05, 3.63) is 90.3 Å². The molecular formula is C21H13. The van der Waals surface area contributed by atoms with Gasteiger partial charge in [-0.15, -0.1) is 0 Å². The molecule has 97 valence electrons. The van der Waals surface area contributed by atoms with E-state index >= 15 is 0 Å². The lowest BCUT2D eigenvalue weighted by atomic mass is 9.96. The number of fused-ring (bicyclic) bond motifs is 7. The van der Waals surface area contributed by atoms with Crippen molar-refractivity contribution in [3.63, 3.8) is 0 Å². The molecule has 0 aromatic heterocycles. The molecule has 1 aliphatic rings. The van der Waals surface area contributed by atoms with E-state index in [-0.39, 0.29) is 0 Å². The van der Waals surface area contributed by atoms with Crippen LogP contribution in [-0.2, 0) is 0 Å². The summed E-state index contributed by atoms with van der Waals surface area (Å²) >= 11 is 0. The molecule has 0 unspecified atom stereocenters. The lowest BCUT2D eigenvalue weighted by Gasteiger charge is -2.07. The lowest BCUT2D eigenvalue weighted by Crippen LogP contribution is -1.82. The Morgan fingerprint density at radius 3 is 2.05 bits per heavy atom. The first-order valence-electron chi connectivity index (χ1n) is 7.30. The molecule has 0 heteroatoms. The summed E-state index contributed by atoms with van der Waals surface area (Å²) < 4.78 is 0. The van der Waals surface area contributed by atoms with Gasteiger partial charge in [-0.3, -0.25) is 0 Å². The summed E-state index contributed by atoms with van der Waals surface area (Å²) in [5.41, 5.74) is 5.44. The van der Waals surface area contributed by atoms with Crippen LogP contribution in [0.1, 0.15) is 11.1 Å². The van der Waals surface area contributed by atoms with E-state index in [2.05, 4.69) is 79.2 Å². The number of hydrogen-bond acceptors (Lipinski definition) is 0. The van der Waals surface area contributed by atoms with Gasteiger partial charge in [-0.1, -0.05) is 72.8 Å². The fourth-order valence-corrected chi connectivity index (χ4v) is 3.53. The Labute approximate surface area is 123 Å². The Hall–Kier alpha value is -2.60. The largest absolute Gasteiger partial charge is 0.0616 e. The van der Waals surface area contributed by atoms with E-state index in [1.165, 1.54) is 43.8 Å². The summed E-state index contributed by atoms with van der Waals surface area (Å²) in [5, 5.41) is 5.31. The normalized spacial score (nSPS) is 12.6. The second-order valence-electron chi connectivity index (χ2n) is 5.64. The molecule has 0 saturated heterocycles. The molecule has 0 spiro atoms. The van der Waals surface area contributed by atoms with Crippen LogP contribution in [0.3, 0.4) is 0 Å². The number of hydrogen-bond donors (Lipinski definition) is 0. The molecule has 4 aromatic rings. The highest BCUT2D eigenvalue weighted by Gasteiger charge is 2.22. The van der Waals surface area contributed by atoms with E-state index in [1.54, 1.807) is 0 Å². The number of benzene rings is 4. The fourth-order valence-electron chi connectivity index (χ4n) is 3.53. The van der Waals surface area contributed by atoms with Crippen LogP contribution in [0.25, 0.3) is 32.7 Å². The molecule has 0 atom stereocenters. The predicted octanol–water partition coefficient (Wildman–Crippen LogP) is 5.57. The molecule has 0 heterocycles. The van der Waals surface area contributed by atoms with E-state index in [0.29, 0.717) is 0 Å². The first kappa shape index (κ1) is 11.1. The van der Waals surface area contributed by atoms with E-state index < -0.39 is 0 Å². The summed E-state index contributed by atoms with van der Waals surface area (Å²) in [6.07, 6.45) is 2.33. The lowest BCUT2D eigenvalue weighted by molar-refractivity contribution is 1.59. The topological polar surface area (TPSA) is 0 Å². The molecule has 0 fully saturated rings. The summed E-state index contributed by atoms with van der Waals surface area (Å²) in [6.45, 7) is 0. The highest BCUT2D eigenvalue weighted by atomic mass is 14.2. The maximum Gasteiger partial charge on any atom is 0.0218 e. The quantitative estimate of drug-likeness (QED) is 0.343. The Balaban J connectivity index is 1.93. The Morgan fingerprint density at radius 1 is 0.524 bits per heavy atom. The molecule has 0 bridgehead atoms. The van der Waals surface area contributed by atoms with Crippen molar-refractivity contribution in [2.45, 2.75) is 0 Å². The molecule has 21 heavy (non-hydrogen) atoms. The van der Waals surface area contributed by atoms with Crippen molar-refractivity contribution < 1.29 is 0 Å². The minimum absolute atomic E-state index is 1.31. The average Bonchev–Trinajstić information content (AvgIpc) is 2.94. The van der Waals surface area contributed by atoms with Gasteiger partial charge in [0.05, 0.1) is 0 Å². The zero-order valence-corrected chi connectivity index (χ0v) is 11.5. The van der Waals surface area contributed by atoms with Gasteiger partial charge in [0, 0.05) is 6.42 Å². The van der Waals surface area contributed by atoms with Gasteiger partial charge in [0.15, 0.2) is 0 Å². The second kappa shape index (κ2) is 3.95. The van der Waals surface area contributed by atoms with E-state index in [1.807, 2.05) is 0 Å². The van der Waals surface area contributed by atoms with E-state index in [4.69, 9.17) is 0 Å². The maximum atomic E-state index is 2.33. The van der Waals surface area contributed by atoms with Crippen LogP contribution >= 0.6 is 0 Å². The summed E-state index contributed by atoms with van der Waals surface area (Å²) in [4.78, 5) is 0. The molecule has 0 nitrogen and oxygen atoms in total. The van der Waals surface area contributed by atoms with Crippen molar-refractivity contribution in [3.8, 4) is 11.1 Å². The molecule has 0 aliphatic heterocycles. The monoisotopic (exact) mass is 265 g/mol. The van der Waals surface area contributed by atoms with Gasteiger partial charge in [-0.25, -0.2) is 0 Å². The molecule has 1 aliphatic carbocycles. The van der Waals surface area contributed by atoms with Gasteiger partial charge < -0.3 is 0 Å². The zero-order chi connectivity index (χ0) is 13.8.